The van der Waals surface area contributed by atoms with Gasteiger partial charge in [0.25, 0.3) is 0 Å². The summed E-state index contributed by atoms with van der Waals surface area (Å²) in [5.74, 6) is 0.541. The fraction of sp³-hybridized carbons (Fsp3) is 0.318. The van der Waals surface area contributed by atoms with Gasteiger partial charge in [-0.2, -0.15) is 5.10 Å². The summed E-state index contributed by atoms with van der Waals surface area (Å²) in [6.07, 6.45) is 0.0761. The number of nitrogens with zero attached hydrogens (tertiary/aromatic N) is 2. The normalized spacial score (nSPS) is 15.5. The summed E-state index contributed by atoms with van der Waals surface area (Å²) in [6, 6.07) is 12.4. The molecule has 0 saturated carbocycles. The maximum Gasteiger partial charge on any atom is 0.303 e. The highest BCUT2D eigenvalue weighted by Gasteiger charge is 2.35. The third kappa shape index (κ3) is 4.53. The summed E-state index contributed by atoms with van der Waals surface area (Å²) < 4.78 is 16.0. The van der Waals surface area contributed by atoms with Crippen LogP contribution >= 0.6 is 0 Å². The Bertz CT molecular complexity index is 955. The first-order chi connectivity index (χ1) is 14.5. The molecule has 1 heterocycles. The van der Waals surface area contributed by atoms with E-state index in [1.165, 1.54) is 5.01 Å². The minimum Gasteiger partial charge on any atom is -0.497 e. The van der Waals surface area contributed by atoms with E-state index in [0.717, 1.165) is 22.6 Å². The first-order valence-corrected chi connectivity index (χ1v) is 9.44. The summed E-state index contributed by atoms with van der Waals surface area (Å²) in [5, 5.41) is 14.9. The van der Waals surface area contributed by atoms with Crippen LogP contribution in [-0.4, -0.2) is 49.0 Å². The van der Waals surface area contributed by atoms with Crippen molar-refractivity contribution in [2.24, 2.45) is 5.10 Å². The van der Waals surface area contributed by atoms with Crippen LogP contribution in [0.2, 0.25) is 0 Å². The lowest BCUT2D eigenvalue weighted by molar-refractivity contribution is -0.141. The summed E-state index contributed by atoms with van der Waals surface area (Å²) >= 11 is 0. The molecule has 0 aromatic heterocycles. The molecule has 1 aliphatic rings. The van der Waals surface area contributed by atoms with E-state index in [1.807, 2.05) is 30.3 Å². The number of carboxylic acid groups (broad SMARTS) is 1. The van der Waals surface area contributed by atoms with E-state index in [1.54, 1.807) is 33.5 Å². The van der Waals surface area contributed by atoms with Gasteiger partial charge in [-0.1, -0.05) is 0 Å². The molecule has 158 valence electrons. The van der Waals surface area contributed by atoms with Crippen molar-refractivity contribution in [2.45, 2.75) is 25.3 Å². The number of methoxy groups -OCH3 is 3. The molecule has 3 rings (SSSR count). The fourth-order valence-corrected chi connectivity index (χ4v) is 3.36. The van der Waals surface area contributed by atoms with Crippen LogP contribution in [0.5, 0.6) is 17.2 Å². The van der Waals surface area contributed by atoms with Crippen molar-refractivity contribution in [2.75, 3.05) is 21.3 Å². The van der Waals surface area contributed by atoms with Crippen LogP contribution in [0.15, 0.2) is 47.6 Å². The zero-order valence-corrected chi connectivity index (χ0v) is 17.1. The first-order valence-electron chi connectivity index (χ1n) is 9.44. The minimum absolute atomic E-state index is 0.135. The van der Waals surface area contributed by atoms with Gasteiger partial charge < -0.3 is 19.3 Å². The van der Waals surface area contributed by atoms with E-state index in [-0.39, 0.29) is 18.7 Å². The van der Waals surface area contributed by atoms with Crippen LogP contribution in [0.4, 0.5) is 0 Å². The van der Waals surface area contributed by atoms with Gasteiger partial charge in [0.15, 0.2) is 0 Å². The lowest BCUT2D eigenvalue weighted by atomic mass is 9.97. The quantitative estimate of drug-likeness (QED) is 0.715. The number of benzene rings is 2. The zero-order chi connectivity index (χ0) is 21.7. The second kappa shape index (κ2) is 9.30. The zero-order valence-electron chi connectivity index (χ0n) is 17.1. The van der Waals surface area contributed by atoms with Crippen LogP contribution in [0.3, 0.4) is 0 Å². The topological polar surface area (TPSA) is 97.7 Å². The van der Waals surface area contributed by atoms with Gasteiger partial charge in [0.1, 0.15) is 17.2 Å². The molecule has 1 atom stereocenters. The number of ether oxygens (including phenoxy) is 3. The Balaban J connectivity index is 1.96. The monoisotopic (exact) mass is 412 g/mol. The Kier molecular flexibility index (Phi) is 6.56. The van der Waals surface area contributed by atoms with Gasteiger partial charge in [0.2, 0.25) is 5.91 Å². The van der Waals surface area contributed by atoms with E-state index in [9.17, 15) is 9.59 Å². The van der Waals surface area contributed by atoms with Crippen LogP contribution < -0.4 is 14.2 Å². The molecule has 0 saturated heterocycles. The van der Waals surface area contributed by atoms with Crippen LogP contribution in [0, 0.1) is 0 Å². The standard InChI is InChI=1S/C22H24N2O6/c1-28-15-6-4-14(5-7-15)18-13-19(24(23-18)21(25)10-11-22(26)27)17-9-8-16(29-2)12-20(17)30-3/h4-9,12,19H,10-11,13H2,1-3H3,(H,26,27). The molecule has 30 heavy (non-hydrogen) atoms. The van der Waals surface area contributed by atoms with E-state index in [2.05, 4.69) is 5.10 Å². The summed E-state index contributed by atoms with van der Waals surface area (Å²) in [7, 11) is 4.71. The second-order valence-electron chi connectivity index (χ2n) is 6.74. The number of carbonyl (C=O) groups excluding carboxylic acids is 1. The molecule has 0 bridgehead atoms. The van der Waals surface area contributed by atoms with Crippen molar-refractivity contribution in [1.82, 2.24) is 5.01 Å². The van der Waals surface area contributed by atoms with E-state index in [0.29, 0.717) is 17.9 Å². The number of rotatable bonds is 8. The molecular weight excluding hydrogens is 388 g/mol. The van der Waals surface area contributed by atoms with Gasteiger partial charge in [-0.3, -0.25) is 9.59 Å². The number of hydrogen-bond acceptors (Lipinski definition) is 6. The number of aliphatic carboxylic acids is 1. The maximum atomic E-state index is 12.8. The minimum atomic E-state index is -1.03. The molecular formula is C22H24N2O6. The lowest BCUT2D eigenvalue weighted by Gasteiger charge is -2.23. The predicted molar refractivity (Wildman–Crippen MR) is 110 cm³/mol. The van der Waals surface area contributed by atoms with Crippen molar-refractivity contribution in [3.8, 4) is 17.2 Å². The van der Waals surface area contributed by atoms with Crippen LogP contribution in [0.1, 0.15) is 36.4 Å². The largest absolute Gasteiger partial charge is 0.497 e. The van der Waals surface area contributed by atoms with Crippen LogP contribution in [0.25, 0.3) is 0 Å². The summed E-state index contributed by atoms with van der Waals surface area (Å²) in [6.45, 7) is 0. The molecule has 1 aliphatic heterocycles. The smallest absolute Gasteiger partial charge is 0.303 e. The average molecular weight is 412 g/mol. The van der Waals surface area contributed by atoms with E-state index < -0.39 is 12.0 Å². The molecule has 0 aliphatic carbocycles. The number of hydrogen-bond donors (Lipinski definition) is 1. The van der Waals surface area contributed by atoms with E-state index in [4.69, 9.17) is 19.3 Å². The molecule has 2 aromatic rings. The highest BCUT2D eigenvalue weighted by molar-refractivity contribution is 6.03. The molecule has 2 aromatic carbocycles. The Morgan fingerprint density at radius 2 is 1.67 bits per heavy atom. The van der Waals surface area contributed by atoms with Gasteiger partial charge >= 0.3 is 5.97 Å². The third-order valence-corrected chi connectivity index (χ3v) is 4.94. The molecule has 1 unspecified atom stereocenters. The first kappa shape index (κ1) is 21.2. The fourth-order valence-electron chi connectivity index (χ4n) is 3.36. The Hall–Kier alpha value is -3.55. The van der Waals surface area contributed by atoms with Crippen molar-refractivity contribution in [3.63, 3.8) is 0 Å². The summed E-state index contributed by atoms with van der Waals surface area (Å²) in [5.41, 5.74) is 2.36. The number of carboxylic acids is 1. The number of carbonyl (C=O) groups is 2. The molecule has 0 spiro atoms. The van der Waals surface area contributed by atoms with Crippen molar-refractivity contribution < 1.29 is 28.9 Å². The SMILES string of the molecule is COc1ccc(C2=NN(C(=O)CCC(=O)O)C(c3ccc(OC)cc3OC)C2)cc1. The van der Waals surface area contributed by atoms with Gasteiger partial charge in [-0.05, 0) is 42.0 Å². The lowest BCUT2D eigenvalue weighted by Crippen LogP contribution is -2.27. The van der Waals surface area contributed by atoms with Gasteiger partial charge in [0.05, 0.1) is 39.5 Å². The van der Waals surface area contributed by atoms with E-state index >= 15 is 0 Å². The predicted octanol–water partition coefficient (Wildman–Crippen LogP) is 3.25. The molecule has 0 fully saturated rings. The van der Waals surface area contributed by atoms with Crippen LogP contribution in [-0.2, 0) is 9.59 Å². The van der Waals surface area contributed by atoms with Crippen molar-refractivity contribution >= 4 is 17.6 Å². The molecule has 1 amide bonds. The Morgan fingerprint density at radius 1 is 1.00 bits per heavy atom. The van der Waals surface area contributed by atoms with Gasteiger partial charge in [-0.15, -0.1) is 0 Å². The van der Waals surface area contributed by atoms with Gasteiger partial charge in [0, 0.05) is 24.5 Å². The Morgan fingerprint density at radius 3 is 2.27 bits per heavy atom. The molecule has 8 nitrogen and oxygen atoms in total. The third-order valence-electron chi connectivity index (χ3n) is 4.94. The Labute approximate surface area is 174 Å². The molecule has 8 heteroatoms. The number of hydrazone groups is 1. The second-order valence-corrected chi connectivity index (χ2v) is 6.74. The van der Waals surface area contributed by atoms with Crippen molar-refractivity contribution in [3.05, 3.63) is 53.6 Å². The highest BCUT2D eigenvalue weighted by Crippen LogP contribution is 2.39. The highest BCUT2D eigenvalue weighted by atomic mass is 16.5. The molecule has 1 N–H and O–H groups in total. The molecule has 0 radical (unpaired) electrons. The summed E-state index contributed by atoms with van der Waals surface area (Å²) in [4.78, 5) is 23.7. The average Bonchev–Trinajstić information content (AvgIpc) is 3.22. The number of amides is 1. The van der Waals surface area contributed by atoms with Gasteiger partial charge in [-0.25, -0.2) is 5.01 Å². The maximum absolute atomic E-state index is 12.8. The van der Waals surface area contributed by atoms with Crippen molar-refractivity contribution in [1.29, 1.82) is 0 Å².